The van der Waals surface area contributed by atoms with Crippen LogP contribution in [-0.4, -0.2) is 0 Å². The van der Waals surface area contributed by atoms with E-state index in [1.165, 1.54) is 125 Å². The van der Waals surface area contributed by atoms with Crippen LogP contribution in [0.15, 0.2) is 42.5 Å². The molecule has 0 saturated carbocycles. The number of rotatable bonds is 17. The van der Waals surface area contributed by atoms with E-state index in [-0.39, 0.29) is 14.1 Å². The Balaban J connectivity index is 1.99. The fourth-order valence-corrected chi connectivity index (χ4v) is 9.98. The Labute approximate surface area is 300 Å². The zero-order chi connectivity index (χ0) is 33.7. The van der Waals surface area contributed by atoms with Crippen LogP contribution in [0, 0.1) is 13.8 Å². The number of hydrogen-bond acceptors (Lipinski definition) is 0. The van der Waals surface area contributed by atoms with E-state index in [0.717, 1.165) is 25.7 Å². The molecule has 0 bridgehead atoms. The lowest BCUT2D eigenvalue weighted by Crippen LogP contribution is -2.25. The van der Waals surface area contributed by atoms with E-state index in [0.29, 0.717) is 0 Å². The van der Waals surface area contributed by atoms with Crippen molar-refractivity contribution in [2.75, 3.05) is 0 Å². The van der Waals surface area contributed by atoms with Crippen molar-refractivity contribution in [3.63, 3.8) is 0 Å². The SMILES string of the molecule is CCCCCCc1cc(CCCCCC)cc(C2(C)c3cc(C(C)(Br)CCC)c(C)cc3-c3cc(C)c(C(C)(Br)CCC)cc32)c1. The normalized spacial score (nSPS) is 18.2. The highest BCUT2D eigenvalue weighted by atomic mass is 79.9. The lowest BCUT2D eigenvalue weighted by molar-refractivity contribution is 0.611. The molecule has 2 unspecified atom stereocenters. The van der Waals surface area contributed by atoms with E-state index in [9.17, 15) is 0 Å². The third-order valence-corrected chi connectivity index (χ3v) is 12.6. The van der Waals surface area contributed by atoms with Crippen molar-refractivity contribution in [1.29, 1.82) is 0 Å². The molecule has 0 saturated heterocycles. The highest BCUT2D eigenvalue weighted by molar-refractivity contribution is 9.09. The number of halogens is 2. The number of hydrogen-bond donors (Lipinski definition) is 0. The van der Waals surface area contributed by atoms with Gasteiger partial charge in [-0.2, -0.15) is 0 Å². The minimum atomic E-state index is -0.224. The summed E-state index contributed by atoms with van der Waals surface area (Å²) in [4.78, 5) is 0. The number of fused-ring (bicyclic) bond motifs is 3. The van der Waals surface area contributed by atoms with Crippen LogP contribution in [0.5, 0.6) is 0 Å². The van der Waals surface area contributed by atoms with Crippen molar-refractivity contribution in [3.8, 4) is 11.1 Å². The van der Waals surface area contributed by atoms with Gasteiger partial charge in [0.15, 0.2) is 0 Å². The first-order valence-corrected chi connectivity index (χ1v) is 20.2. The summed E-state index contributed by atoms with van der Waals surface area (Å²) in [6.45, 7) is 21.2. The Morgan fingerprint density at radius 3 is 1.33 bits per heavy atom. The van der Waals surface area contributed by atoms with Crippen LogP contribution in [0.25, 0.3) is 11.1 Å². The average molecular weight is 751 g/mol. The van der Waals surface area contributed by atoms with Crippen LogP contribution in [0.2, 0.25) is 0 Å². The van der Waals surface area contributed by atoms with Crippen LogP contribution in [-0.2, 0) is 26.9 Å². The molecule has 0 aliphatic heterocycles. The van der Waals surface area contributed by atoms with Gasteiger partial charge < -0.3 is 0 Å². The highest BCUT2D eigenvalue weighted by Crippen LogP contribution is 2.56. The zero-order valence-electron chi connectivity index (χ0n) is 30.7. The van der Waals surface area contributed by atoms with E-state index in [1.54, 1.807) is 0 Å². The van der Waals surface area contributed by atoms with Crippen molar-refractivity contribution in [2.24, 2.45) is 0 Å². The molecule has 4 rings (SSSR count). The Bertz CT molecular complexity index is 1370. The first-order chi connectivity index (χ1) is 21.8. The minimum absolute atomic E-state index is 0.0429. The molecule has 3 aromatic carbocycles. The standard InChI is InChI=1S/C44H62Br2/c1-10-14-16-18-20-33-26-34(21-19-17-15-11-2)28-35(27-33)44(9)40-29-38(42(7,45)22-12-3)31(5)24-36(40)37-25-32(6)39(30-41(37)44)43(8,46)23-13-4/h24-30H,10-23H2,1-9H3. The van der Waals surface area contributed by atoms with Crippen LogP contribution in [0.4, 0.5) is 0 Å². The summed E-state index contributed by atoms with van der Waals surface area (Å²) in [6.07, 6.45) is 17.3. The molecule has 0 heterocycles. The van der Waals surface area contributed by atoms with Gasteiger partial charge in [0.05, 0.1) is 0 Å². The monoisotopic (exact) mass is 748 g/mol. The van der Waals surface area contributed by atoms with Crippen LogP contribution in [0.3, 0.4) is 0 Å². The van der Waals surface area contributed by atoms with Crippen molar-refractivity contribution in [3.05, 3.63) is 92.5 Å². The summed E-state index contributed by atoms with van der Waals surface area (Å²) in [5.41, 5.74) is 15.8. The molecule has 1 aliphatic carbocycles. The Hall–Kier alpha value is -1.38. The Morgan fingerprint density at radius 1 is 0.543 bits per heavy atom. The van der Waals surface area contributed by atoms with E-state index >= 15 is 0 Å². The smallest absolute Gasteiger partial charge is 0.0480 e. The maximum atomic E-state index is 4.20. The Morgan fingerprint density at radius 2 is 0.957 bits per heavy atom. The third kappa shape index (κ3) is 7.91. The number of aryl methyl sites for hydroxylation is 4. The molecule has 0 N–H and O–H groups in total. The van der Waals surface area contributed by atoms with Crippen molar-refractivity contribution < 1.29 is 0 Å². The fraction of sp³-hybridized carbons (Fsp3) is 0.591. The van der Waals surface area contributed by atoms with Crippen LogP contribution < -0.4 is 0 Å². The second-order valence-corrected chi connectivity index (χ2v) is 18.6. The second-order valence-electron chi connectivity index (χ2n) is 15.1. The summed E-state index contributed by atoms with van der Waals surface area (Å²) in [5, 5.41) is 0. The number of alkyl halides is 2. The molecule has 0 fully saturated rings. The molecule has 0 spiro atoms. The molecular weight excluding hydrogens is 688 g/mol. The topological polar surface area (TPSA) is 0 Å². The van der Waals surface area contributed by atoms with Crippen molar-refractivity contribution in [2.45, 2.75) is 166 Å². The van der Waals surface area contributed by atoms with Gasteiger partial charge in [0.25, 0.3) is 0 Å². The summed E-state index contributed by atoms with van der Waals surface area (Å²) in [7, 11) is 0. The molecule has 0 radical (unpaired) electrons. The van der Waals surface area contributed by atoms with Gasteiger partial charge >= 0.3 is 0 Å². The maximum absolute atomic E-state index is 4.20. The molecular formula is C44H62Br2. The molecule has 46 heavy (non-hydrogen) atoms. The first-order valence-electron chi connectivity index (χ1n) is 18.7. The summed E-state index contributed by atoms with van der Waals surface area (Å²) in [5.74, 6) is 0. The quantitative estimate of drug-likeness (QED) is 0.0952. The molecule has 1 aliphatic rings. The van der Waals surface area contributed by atoms with E-state index < -0.39 is 0 Å². The fourth-order valence-electron chi connectivity index (χ4n) is 8.33. The largest absolute Gasteiger partial charge is 0.0804 e. The molecule has 252 valence electrons. The van der Waals surface area contributed by atoms with Gasteiger partial charge in [0.2, 0.25) is 0 Å². The summed E-state index contributed by atoms with van der Waals surface area (Å²) in [6, 6.07) is 18.0. The average Bonchev–Trinajstić information content (AvgIpc) is 3.23. The predicted octanol–water partition coefficient (Wildman–Crippen LogP) is 14.7. The lowest BCUT2D eigenvalue weighted by atomic mass is 9.71. The molecule has 0 nitrogen and oxygen atoms in total. The zero-order valence-corrected chi connectivity index (χ0v) is 33.9. The van der Waals surface area contributed by atoms with Gasteiger partial charge in [-0.05, 0) is 134 Å². The molecule has 3 aromatic rings. The number of unbranched alkanes of at least 4 members (excludes halogenated alkanes) is 6. The Kier molecular flexibility index (Phi) is 12.9. The van der Waals surface area contributed by atoms with Gasteiger partial charge in [-0.15, -0.1) is 0 Å². The first kappa shape index (κ1) is 37.4. The van der Waals surface area contributed by atoms with Crippen molar-refractivity contribution in [1.82, 2.24) is 0 Å². The third-order valence-electron chi connectivity index (χ3n) is 10.9. The van der Waals surface area contributed by atoms with Gasteiger partial charge in [0.1, 0.15) is 0 Å². The second kappa shape index (κ2) is 15.9. The molecule has 2 atom stereocenters. The molecule has 2 heteroatoms. The maximum Gasteiger partial charge on any atom is 0.0480 e. The predicted molar refractivity (Wildman–Crippen MR) is 211 cm³/mol. The van der Waals surface area contributed by atoms with Crippen LogP contribution >= 0.6 is 31.9 Å². The summed E-state index contributed by atoms with van der Waals surface area (Å²) >= 11 is 8.41. The van der Waals surface area contributed by atoms with Crippen LogP contribution in [0.1, 0.15) is 176 Å². The highest BCUT2D eigenvalue weighted by Gasteiger charge is 2.44. The lowest BCUT2D eigenvalue weighted by Gasteiger charge is -2.33. The van der Waals surface area contributed by atoms with Gasteiger partial charge in [-0.3, -0.25) is 0 Å². The summed E-state index contributed by atoms with van der Waals surface area (Å²) < 4.78 is -0.0858. The minimum Gasteiger partial charge on any atom is -0.0804 e. The van der Waals surface area contributed by atoms with Gasteiger partial charge in [0, 0.05) is 14.1 Å². The molecule has 0 aromatic heterocycles. The molecule has 0 amide bonds. The van der Waals surface area contributed by atoms with Gasteiger partial charge in [-0.1, -0.05) is 153 Å². The van der Waals surface area contributed by atoms with E-state index in [2.05, 4.69) is 137 Å². The van der Waals surface area contributed by atoms with E-state index in [1.807, 2.05) is 0 Å². The van der Waals surface area contributed by atoms with Crippen molar-refractivity contribution >= 4 is 31.9 Å². The van der Waals surface area contributed by atoms with Gasteiger partial charge in [-0.25, -0.2) is 0 Å². The number of benzene rings is 3. The van der Waals surface area contributed by atoms with E-state index in [4.69, 9.17) is 0 Å².